The third-order valence-electron chi connectivity index (χ3n) is 7.34. The highest BCUT2D eigenvalue weighted by Gasteiger charge is 2.37. The summed E-state index contributed by atoms with van der Waals surface area (Å²) in [6, 6.07) is 6.71. The SMILES string of the molecule is CCc1cc(-c2cc(NC(=O)Cc3cc(C(F)(F)F)ccc3C(F)(F)F)nn2C)cc2cnc(N)nc12.NC1CCCCC1. The number of nitrogens with two attached hydrogens (primary N) is 2. The topological polar surface area (TPSA) is 125 Å². The number of carbonyl (C=O) groups is 1. The van der Waals surface area contributed by atoms with E-state index < -0.39 is 41.4 Å². The molecule has 14 heteroatoms. The zero-order valence-corrected chi connectivity index (χ0v) is 24.2. The summed E-state index contributed by atoms with van der Waals surface area (Å²) < 4.78 is 80.7. The third kappa shape index (κ3) is 8.04. The number of anilines is 2. The van der Waals surface area contributed by atoms with E-state index in [-0.39, 0.29) is 11.8 Å². The predicted molar refractivity (Wildman–Crippen MR) is 155 cm³/mol. The maximum atomic E-state index is 13.3. The van der Waals surface area contributed by atoms with Crippen molar-refractivity contribution in [3.8, 4) is 11.3 Å². The molecule has 2 aromatic heterocycles. The molecule has 1 saturated carbocycles. The van der Waals surface area contributed by atoms with Crippen LogP contribution in [0.3, 0.4) is 0 Å². The van der Waals surface area contributed by atoms with Crippen LogP contribution < -0.4 is 16.8 Å². The Kier molecular flexibility index (Phi) is 9.81. The first kappa shape index (κ1) is 32.7. The summed E-state index contributed by atoms with van der Waals surface area (Å²) in [6.45, 7) is 1.94. The summed E-state index contributed by atoms with van der Waals surface area (Å²) in [7, 11) is 1.61. The fourth-order valence-electron chi connectivity index (χ4n) is 5.14. The molecule has 0 saturated heterocycles. The quantitative estimate of drug-likeness (QED) is 0.214. The number of carbonyl (C=O) groups excluding carboxylic acids is 1. The average Bonchev–Trinajstić information content (AvgIpc) is 3.31. The van der Waals surface area contributed by atoms with Crippen LogP contribution in [0.1, 0.15) is 61.3 Å². The van der Waals surface area contributed by atoms with Crippen molar-refractivity contribution in [2.24, 2.45) is 12.8 Å². The van der Waals surface area contributed by atoms with Crippen LogP contribution in [0.2, 0.25) is 0 Å². The van der Waals surface area contributed by atoms with E-state index >= 15 is 0 Å². The number of fused-ring (bicyclic) bond motifs is 1. The molecule has 8 nitrogen and oxygen atoms in total. The van der Waals surface area contributed by atoms with Crippen molar-refractivity contribution in [1.29, 1.82) is 0 Å². The minimum Gasteiger partial charge on any atom is -0.368 e. The Morgan fingerprint density at radius 2 is 1.70 bits per heavy atom. The Hall–Kier alpha value is -4.20. The van der Waals surface area contributed by atoms with E-state index in [1.165, 1.54) is 42.9 Å². The van der Waals surface area contributed by atoms with Gasteiger partial charge >= 0.3 is 12.4 Å². The van der Waals surface area contributed by atoms with Crippen molar-refractivity contribution in [3.63, 3.8) is 0 Å². The van der Waals surface area contributed by atoms with Gasteiger partial charge in [0.2, 0.25) is 11.9 Å². The lowest BCUT2D eigenvalue weighted by molar-refractivity contribution is -0.142. The minimum atomic E-state index is -4.93. The van der Waals surface area contributed by atoms with Gasteiger partial charge in [-0.15, -0.1) is 0 Å². The molecule has 0 bridgehead atoms. The van der Waals surface area contributed by atoms with Crippen molar-refractivity contribution in [2.45, 2.75) is 70.3 Å². The van der Waals surface area contributed by atoms with E-state index in [9.17, 15) is 31.1 Å². The second-order valence-electron chi connectivity index (χ2n) is 10.7. The lowest BCUT2D eigenvalue weighted by Crippen LogP contribution is -2.22. The second-order valence-corrected chi connectivity index (χ2v) is 10.7. The molecule has 1 aliphatic rings. The summed E-state index contributed by atoms with van der Waals surface area (Å²) >= 11 is 0. The molecule has 1 fully saturated rings. The Morgan fingerprint density at radius 3 is 2.30 bits per heavy atom. The second kappa shape index (κ2) is 13.2. The minimum absolute atomic E-state index is 0.0229. The number of amides is 1. The number of rotatable bonds is 5. The highest BCUT2D eigenvalue weighted by Crippen LogP contribution is 2.37. The Balaban J connectivity index is 0.000000555. The highest BCUT2D eigenvalue weighted by atomic mass is 19.4. The first-order valence-corrected chi connectivity index (χ1v) is 14.1. The van der Waals surface area contributed by atoms with E-state index in [0.717, 1.165) is 10.9 Å². The van der Waals surface area contributed by atoms with Gasteiger partial charge < -0.3 is 16.8 Å². The third-order valence-corrected chi connectivity index (χ3v) is 7.34. The van der Waals surface area contributed by atoms with Gasteiger partial charge in [-0.1, -0.05) is 26.2 Å². The van der Waals surface area contributed by atoms with Crippen LogP contribution in [0.15, 0.2) is 42.6 Å². The van der Waals surface area contributed by atoms with Crippen LogP contribution >= 0.6 is 0 Å². The molecule has 236 valence electrons. The molecule has 1 amide bonds. The van der Waals surface area contributed by atoms with E-state index in [1.807, 2.05) is 13.0 Å². The Labute approximate surface area is 249 Å². The van der Waals surface area contributed by atoms with Crippen molar-refractivity contribution in [3.05, 3.63) is 64.8 Å². The standard InChI is InChI=1S/C24H20F6N6O.C6H13N/c1-3-12-6-14(7-15-11-32-22(31)34-21(12)15)18-10-19(35-36(18)2)33-20(37)9-13-8-16(23(25,26)27)4-5-17(13)24(28,29)30;7-6-4-2-1-3-5-6/h4-8,10-11H,3,9H2,1-2H3,(H2,31,32,34)(H,33,35,37);6H,1-5,7H2. The zero-order valence-electron chi connectivity index (χ0n) is 24.2. The number of hydrogen-bond donors (Lipinski definition) is 3. The van der Waals surface area contributed by atoms with Gasteiger partial charge in [-0.05, 0) is 60.7 Å². The number of halogens is 6. The van der Waals surface area contributed by atoms with Gasteiger partial charge in [-0.2, -0.15) is 31.4 Å². The van der Waals surface area contributed by atoms with E-state index in [0.29, 0.717) is 47.4 Å². The largest absolute Gasteiger partial charge is 0.416 e. The Bertz CT molecular complexity index is 1620. The summed E-state index contributed by atoms with van der Waals surface area (Å²) in [5, 5.41) is 7.27. The first-order chi connectivity index (χ1) is 20.7. The van der Waals surface area contributed by atoms with Crippen LogP contribution in [0.5, 0.6) is 0 Å². The fraction of sp³-hybridized carbons (Fsp3) is 0.400. The smallest absolute Gasteiger partial charge is 0.368 e. The van der Waals surface area contributed by atoms with Gasteiger partial charge in [0.1, 0.15) is 0 Å². The lowest BCUT2D eigenvalue weighted by atomic mass is 9.97. The normalized spacial score (nSPS) is 14.3. The summed E-state index contributed by atoms with van der Waals surface area (Å²) in [4.78, 5) is 20.8. The molecule has 0 atom stereocenters. The van der Waals surface area contributed by atoms with Crippen molar-refractivity contribution in [1.82, 2.24) is 19.7 Å². The molecule has 0 spiro atoms. The first-order valence-electron chi connectivity index (χ1n) is 14.1. The summed E-state index contributed by atoms with van der Waals surface area (Å²) in [6.07, 6.45) is -1.85. The van der Waals surface area contributed by atoms with Gasteiger partial charge in [0, 0.05) is 36.3 Å². The number of nitrogens with zero attached hydrogens (tertiary/aromatic N) is 4. The number of aryl methyl sites for hydroxylation is 2. The average molecular weight is 622 g/mol. The molecule has 0 aliphatic heterocycles. The molecule has 1 aliphatic carbocycles. The van der Waals surface area contributed by atoms with Crippen molar-refractivity contribution in [2.75, 3.05) is 11.1 Å². The van der Waals surface area contributed by atoms with E-state index in [2.05, 4.69) is 20.4 Å². The molecular weight excluding hydrogens is 588 g/mol. The maximum absolute atomic E-state index is 13.3. The molecule has 44 heavy (non-hydrogen) atoms. The van der Waals surface area contributed by atoms with Gasteiger partial charge in [0.05, 0.1) is 28.8 Å². The molecular formula is C30H33F6N7O. The molecule has 0 unspecified atom stereocenters. The van der Waals surface area contributed by atoms with E-state index in [1.54, 1.807) is 19.3 Å². The number of benzene rings is 2. The van der Waals surface area contributed by atoms with Gasteiger partial charge in [-0.3, -0.25) is 9.48 Å². The van der Waals surface area contributed by atoms with Gasteiger partial charge in [0.25, 0.3) is 0 Å². The molecule has 0 radical (unpaired) electrons. The highest BCUT2D eigenvalue weighted by molar-refractivity contribution is 5.93. The monoisotopic (exact) mass is 621 g/mol. The molecule has 2 heterocycles. The van der Waals surface area contributed by atoms with Gasteiger partial charge in [0.15, 0.2) is 5.82 Å². The summed E-state index contributed by atoms with van der Waals surface area (Å²) in [5.74, 6) is -0.796. The zero-order chi connectivity index (χ0) is 32.2. The lowest BCUT2D eigenvalue weighted by Gasteiger charge is -2.15. The Morgan fingerprint density at radius 1 is 1.00 bits per heavy atom. The van der Waals surface area contributed by atoms with E-state index in [4.69, 9.17) is 11.5 Å². The van der Waals surface area contributed by atoms with Crippen molar-refractivity contribution >= 4 is 28.6 Å². The fourth-order valence-corrected chi connectivity index (χ4v) is 5.14. The van der Waals surface area contributed by atoms with Gasteiger partial charge in [-0.25, -0.2) is 9.97 Å². The van der Waals surface area contributed by atoms with Crippen LogP contribution in [0, 0.1) is 0 Å². The molecule has 5 N–H and O–H groups in total. The molecule has 4 aromatic rings. The predicted octanol–water partition coefficient (Wildman–Crippen LogP) is 6.67. The summed E-state index contributed by atoms with van der Waals surface area (Å²) in [5.41, 5.74) is 10.8. The number of alkyl halides is 6. The molecule has 5 rings (SSSR count). The molecule has 2 aromatic carbocycles. The van der Waals surface area contributed by atoms with Crippen LogP contribution in [0.25, 0.3) is 22.2 Å². The van der Waals surface area contributed by atoms with Crippen LogP contribution in [0.4, 0.5) is 38.1 Å². The van der Waals surface area contributed by atoms with Crippen LogP contribution in [-0.4, -0.2) is 31.7 Å². The maximum Gasteiger partial charge on any atom is 0.416 e. The van der Waals surface area contributed by atoms with Crippen LogP contribution in [-0.2, 0) is 37.0 Å². The number of nitrogens with one attached hydrogen (secondary N) is 1. The van der Waals surface area contributed by atoms with Crippen molar-refractivity contribution < 1.29 is 31.1 Å². The number of aromatic nitrogens is 4. The number of hydrogen-bond acceptors (Lipinski definition) is 6. The number of nitrogen functional groups attached to an aromatic ring is 1.